The molecule has 0 unspecified atom stereocenters. The molecular formula is C20H21N3O3. The molecule has 2 aliphatic rings. The lowest BCUT2D eigenvalue weighted by Crippen LogP contribution is -2.39. The van der Waals surface area contributed by atoms with Crippen molar-refractivity contribution in [3.63, 3.8) is 0 Å². The van der Waals surface area contributed by atoms with Gasteiger partial charge in [-0.15, -0.1) is 0 Å². The minimum absolute atomic E-state index is 0.105. The molecule has 26 heavy (non-hydrogen) atoms. The van der Waals surface area contributed by atoms with Crippen molar-refractivity contribution >= 4 is 17.6 Å². The van der Waals surface area contributed by atoms with Crippen LogP contribution in [0.1, 0.15) is 47.9 Å². The summed E-state index contributed by atoms with van der Waals surface area (Å²) in [5.41, 5.74) is 3.29. The Morgan fingerprint density at radius 3 is 2.42 bits per heavy atom. The predicted octanol–water partition coefficient (Wildman–Crippen LogP) is 2.23. The van der Waals surface area contributed by atoms with Crippen molar-refractivity contribution in [1.29, 1.82) is 0 Å². The van der Waals surface area contributed by atoms with Crippen LogP contribution in [-0.2, 0) is 22.4 Å². The second-order valence-electron chi connectivity index (χ2n) is 7.40. The standard InChI is InChI=1S/C20H21N3O3/c1-12-7-16-20(17(24)8-12)15(9-13-10-18(25)21-19(26)11-13)22-23(16)14-5-3-2-4-6-14/h2-6,12-13H,7-11H2,1H3,(H,21,25,26)/t12-/m1/s1. The SMILES string of the molecule is C[C@H]1CC(=O)c2c(CC3CC(=O)NC(=O)C3)nn(-c3ccccc3)c2C1. The molecule has 1 aliphatic carbocycles. The highest BCUT2D eigenvalue weighted by atomic mass is 16.2. The number of piperidine rings is 1. The van der Waals surface area contributed by atoms with Gasteiger partial charge in [-0.3, -0.25) is 19.7 Å². The maximum Gasteiger partial charge on any atom is 0.226 e. The highest BCUT2D eigenvalue weighted by Crippen LogP contribution is 2.32. The van der Waals surface area contributed by atoms with Crippen LogP contribution in [0, 0.1) is 11.8 Å². The van der Waals surface area contributed by atoms with Crippen LogP contribution in [0.4, 0.5) is 0 Å². The summed E-state index contributed by atoms with van der Waals surface area (Å²) in [5, 5.41) is 7.08. The zero-order chi connectivity index (χ0) is 18.3. The van der Waals surface area contributed by atoms with Gasteiger partial charge in [0.15, 0.2) is 5.78 Å². The highest BCUT2D eigenvalue weighted by Gasteiger charge is 2.33. The molecule has 1 N–H and O–H groups in total. The zero-order valence-electron chi connectivity index (χ0n) is 14.7. The molecule has 0 saturated carbocycles. The summed E-state index contributed by atoms with van der Waals surface area (Å²) in [7, 11) is 0. The topological polar surface area (TPSA) is 81.1 Å². The Morgan fingerprint density at radius 1 is 1.04 bits per heavy atom. The van der Waals surface area contributed by atoms with E-state index in [0.29, 0.717) is 36.9 Å². The number of hydrogen-bond acceptors (Lipinski definition) is 4. The van der Waals surface area contributed by atoms with Crippen LogP contribution >= 0.6 is 0 Å². The van der Waals surface area contributed by atoms with Gasteiger partial charge in [-0.2, -0.15) is 5.10 Å². The van der Waals surface area contributed by atoms with E-state index >= 15 is 0 Å². The molecule has 0 bridgehead atoms. The van der Waals surface area contributed by atoms with Crippen molar-refractivity contribution in [2.24, 2.45) is 11.8 Å². The van der Waals surface area contributed by atoms with E-state index in [0.717, 1.165) is 17.8 Å². The van der Waals surface area contributed by atoms with Crippen molar-refractivity contribution in [3.05, 3.63) is 47.3 Å². The molecule has 2 heterocycles. The van der Waals surface area contributed by atoms with Crippen LogP contribution in [0.15, 0.2) is 30.3 Å². The number of carbonyl (C=O) groups excluding carboxylic acids is 3. The van der Waals surface area contributed by atoms with Crippen LogP contribution in [-0.4, -0.2) is 27.4 Å². The number of amides is 2. The molecule has 6 nitrogen and oxygen atoms in total. The maximum absolute atomic E-state index is 12.7. The number of benzene rings is 1. The van der Waals surface area contributed by atoms with Gasteiger partial charge >= 0.3 is 0 Å². The fraction of sp³-hybridized carbons (Fsp3) is 0.400. The summed E-state index contributed by atoms with van der Waals surface area (Å²) in [6.07, 6.45) is 2.38. The molecule has 1 fully saturated rings. The minimum atomic E-state index is -0.248. The summed E-state index contributed by atoms with van der Waals surface area (Å²) < 4.78 is 1.86. The number of para-hydroxylation sites is 1. The van der Waals surface area contributed by atoms with E-state index in [1.165, 1.54) is 0 Å². The summed E-state index contributed by atoms with van der Waals surface area (Å²) >= 11 is 0. The van der Waals surface area contributed by atoms with Gasteiger partial charge in [0, 0.05) is 19.3 Å². The maximum atomic E-state index is 12.7. The number of imide groups is 1. The Hall–Kier alpha value is -2.76. The first kappa shape index (κ1) is 16.7. The minimum Gasteiger partial charge on any atom is -0.296 e. The molecule has 2 aromatic rings. The molecule has 1 atom stereocenters. The quantitative estimate of drug-likeness (QED) is 0.860. The zero-order valence-corrected chi connectivity index (χ0v) is 14.7. The average Bonchev–Trinajstić information content (AvgIpc) is 2.93. The number of carbonyl (C=O) groups is 3. The molecule has 1 aliphatic heterocycles. The van der Waals surface area contributed by atoms with Gasteiger partial charge in [0.25, 0.3) is 0 Å². The first-order valence-corrected chi connectivity index (χ1v) is 9.03. The fourth-order valence-electron chi connectivity index (χ4n) is 4.03. The van der Waals surface area contributed by atoms with Crippen LogP contribution in [0.5, 0.6) is 0 Å². The largest absolute Gasteiger partial charge is 0.296 e. The van der Waals surface area contributed by atoms with Gasteiger partial charge in [0.05, 0.1) is 22.6 Å². The van der Waals surface area contributed by atoms with E-state index in [4.69, 9.17) is 5.10 Å². The molecule has 1 aromatic heterocycles. The van der Waals surface area contributed by atoms with Gasteiger partial charge < -0.3 is 0 Å². The van der Waals surface area contributed by atoms with Crippen molar-refractivity contribution in [2.45, 2.75) is 39.0 Å². The van der Waals surface area contributed by atoms with E-state index < -0.39 is 0 Å². The first-order chi connectivity index (χ1) is 12.5. The molecule has 1 aromatic carbocycles. The lowest BCUT2D eigenvalue weighted by atomic mass is 9.84. The summed E-state index contributed by atoms with van der Waals surface area (Å²) in [4.78, 5) is 36.1. The van der Waals surface area contributed by atoms with E-state index in [1.807, 2.05) is 35.0 Å². The molecule has 4 rings (SSSR count). The number of nitrogens with zero attached hydrogens (tertiary/aromatic N) is 2. The summed E-state index contributed by atoms with van der Waals surface area (Å²) in [6, 6.07) is 9.78. The van der Waals surface area contributed by atoms with Crippen molar-refractivity contribution in [2.75, 3.05) is 0 Å². The molecule has 0 spiro atoms. The monoisotopic (exact) mass is 351 g/mol. The Balaban J connectivity index is 1.74. The van der Waals surface area contributed by atoms with E-state index in [-0.39, 0.29) is 29.4 Å². The van der Waals surface area contributed by atoms with Crippen molar-refractivity contribution < 1.29 is 14.4 Å². The Kier molecular flexibility index (Phi) is 4.18. The number of aromatic nitrogens is 2. The number of ketones is 1. The van der Waals surface area contributed by atoms with E-state index in [9.17, 15) is 14.4 Å². The predicted molar refractivity (Wildman–Crippen MR) is 95.0 cm³/mol. The molecule has 2 amide bonds. The third-order valence-electron chi connectivity index (χ3n) is 5.12. The van der Waals surface area contributed by atoms with Crippen molar-refractivity contribution in [1.82, 2.24) is 15.1 Å². The van der Waals surface area contributed by atoms with Gasteiger partial charge in [0.2, 0.25) is 11.8 Å². The van der Waals surface area contributed by atoms with E-state index in [2.05, 4.69) is 12.2 Å². The summed E-state index contributed by atoms with van der Waals surface area (Å²) in [5.74, 6) is -0.205. The molecule has 134 valence electrons. The Labute approximate surface area is 151 Å². The third kappa shape index (κ3) is 3.07. The Bertz CT molecular complexity index is 869. The lowest BCUT2D eigenvalue weighted by molar-refractivity contribution is -0.134. The van der Waals surface area contributed by atoms with Crippen LogP contribution in [0.3, 0.4) is 0 Å². The Morgan fingerprint density at radius 2 is 1.73 bits per heavy atom. The molecule has 1 saturated heterocycles. The smallest absolute Gasteiger partial charge is 0.226 e. The van der Waals surface area contributed by atoms with Crippen LogP contribution in [0.2, 0.25) is 0 Å². The van der Waals surface area contributed by atoms with Crippen LogP contribution < -0.4 is 5.32 Å². The van der Waals surface area contributed by atoms with Gasteiger partial charge in [-0.1, -0.05) is 25.1 Å². The molecule has 6 heteroatoms. The van der Waals surface area contributed by atoms with Crippen LogP contribution in [0.25, 0.3) is 5.69 Å². The average molecular weight is 351 g/mol. The lowest BCUT2D eigenvalue weighted by Gasteiger charge is -2.21. The van der Waals surface area contributed by atoms with Gasteiger partial charge in [-0.25, -0.2) is 4.68 Å². The first-order valence-electron chi connectivity index (χ1n) is 9.03. The van der Waals surface area contributed by atoms with Gasteiger partial charge in [0.1, 0.15) is 0 Å². The second-order valence-corrected chi connectivity index (χ2v) is 7.40. The molecule has 0 radical (unpaired) electrons. The number of Topliss-reactive ketones (excluding diaryl/α,β-unsaturated/α-hetero) is 1. The number of fused-ring (bicyclic) bond motifs is 1. The second kappa shape index (κ2) is 6.52. The van der Waals surface area contributed by atoms with E-state index in [1.54, 1.807) is 0 Å². The number of rotatable bonds is 3. The molecular weight excluding hydrogens is 330 g/mol. The number of hydrogen-bond donors (Lipinski definition) is 1. The highest BCUT2D eigenvalue weighted by molar-refractivity contribution is 6.00. The fourth-order valence-corrected chi connectivity index (χ4v) is 4.03. The third-order valence-corrected chi connectivity index (χ3v) is 5.12. The number of nitrogens with one attached hydrogen (secondary N) is 1. The normalized spacial score (nSPS) is 20.8. The summed E-state index contributed by atoms with van der Waals surface area (Å²) in [6.45, 7) is 2.08. The van der Waals surface area contributed by atoms with Crippen molar-refractivity contribution in [3.8, 4) is 5.69 Å². The van der Waals surface area contributed by atoms with Gasteiger partial charge in [-0.05, 0) is 36.8 Å².